The minimum atomic E-state index is -0.803. The predicted octanol–water partition coefficient (Wildman–Crippen LogP) is 17.2. The molecular formula is C59H107NO5. The minimum Gasteiger partial charge on any atom is -0.462 e. The Morgan fingerprint density at radius 2 is 0.800 bits per heavy atom. The van der Waals surface area contributed by atoms with Gasteiger partial charge in [-0.05, 0) is 77.0 Å². The summed E-state index contributed by atoms with van der Waals surface area (Å²) in [7, 11) is 0. The van der Waals surface area contributed by atoms with Gasteiger partial charge in [0.25, 0.3) is 0 Å². The lowest BCUT2D eigenvalue weighted by Gasteiger charge is -2.24. The summed E-state index contributed by atoms with van der Waals surface area (Å²) in [6, 6.07) is -0.719. The number of esters is 1. The lowest BCUT2D eigenvalue weighted by Crippen LogP contribution is -2.46. The van der Waals surface area contributed by atoms with Crippen LogP contribution in [0.1, 0.15) is 278 Å². The molecule has 3 unspecified atom stereocenters. The highest BCUT2D eigenvalue weighted by atomic mass is 16.5. The second-order valence-electron chi connectivity index (χ2n) is 19.1. The standard InChI is InChI=1S/C59H107NO5/c1-4-7-10-13-16-19-22-25-28-30-32-35-38-41-44-47-50-55(65-59(64)52-49-46-43-40-37-34-27-24-21-18-15-12-9-6-3)53-58(63)60-56(54-61)57(62)51-48-45-42-39-36-33-31-29-26-23-20-17-14-11-8-5-2/h16,19,22,25,28,30,32,34-35,37,55-57,61-62H,4-15,17-18,20-21,23-24,26-27,29,31,33,36,38-54H2,1-3H3,(H,60,63)/b19-16+,25-22+,30-28+,35-32+,37-34-. The van der Waals surface area contributed by atoms with Crippen molar-refractivity contribution in [3.63, 3.8) is 0 Å². The van der Waals surface area contributed by atoms with Crippen LogP contribution in [0.15, 0.2) is 60.8 Å². The average Bonchev–Trinajstić information content (AvgIpc) is 3.30. The number of carbonyl (C=O) groups is 2. The molecule has 0 aromatic heterocycles. The van der Waals surface area contributed by atoms with E-state index in [-0.39, 0.29) is 24.9 Å². The molecule has 3 atom stereocenters. The summed E-state index contributed by atoms with van der Waals surface area (Å²) in [4.78, 5) is 26.2. The Bertz CT molecular complexity index is 1160. The van der Waals surface area contributed by atoms with Gasteiger partial charge >= 0.3 is 5.97 Å². The van der Waals surface area contributed by atoms with Gasteiger partial charge in [-0.15, -0.1) is 0 Å². The van der Waals surface area contributed by atoms with Crippen molar-refractivity contribution in [2.24, 2.45) is 0 Å². The Labute approximate surface area is 403 Å². The van der Waals surface area contributed by atoms with Crippen molar-refractivity contribution in [1.82, 2.24) is 5.32 Å². The third-order valence-electron chi connectivity index (χ3n) is 12.7. The Morgan fingerprint density at radius 3 is 1.28 bits per heavy atom. The van der Waals surface area contributed by atoms with Gasteiger partial charge in [0.05, 0.1) is 25.2 Å². The van der Waals surface area contributed by atoms with Crippen LogP contribution in [0.3, 0.4) is 0 Å². The average molecular weight is 911 g/mol. The molecule has 0 aromatic carbocycles. The number of aliphatic hydroxyl groups excluding tert-OH is 2. The molecule has 3 N–H and O–H groups in total. The van der Waals surface area contributed by atoms with E-state index >= 15 is 0 Å². The van der Waals surface area contributed by atoms with Crippen molar-refractivity contribution in [2.45, 2.75) is 296 Å². The second kappa shape index (κ2) is 52.5. The van der Waals surface area contributed by atoms with Crippen LogP contribution in [0.4, 0.5) is 0 Å². The van der Waals surface area contributed by atoms with Crippen LogP contribution in [0.5, 0.6) is 0 Å². The van der Waals surface area contributed by atoms with Gasteiger partial charge < -0.3 is 20.3 Å². The molecule has 0 aliphatic carbocycles. The molecule has 0 aliphatic rings. The van der Waals surface area contributed by atoms with E-state index in [1.54, 1.807) is 0 Å². The Hall–Kier alpha value is -2.44. The maximum absolute atomic E-state index is 13.2. The molecule has 0 rings (SSSR count). The van der Waals surface area contributed by atoms with Crippen LogP contribution in [0.25, 0.3) is 0 Å². The van der Waals surface area contributed by atoms with E-state index in [1.807, 2.05) is 0 Å². The summed E-state index contributed by atoms with van der Waals surface area (Å²) in [5, 5.41) is 23.9. The summed E-state index contributed by atoms with van der Waals surface area (Å²) in [6.07, 6.45) is 65.6. The van der Waals surface area contributed by atoms with Crippen LogP contribution in [0.2, 0.25) is 0 Å². The fourth-order valence-electron chi connectivity index (χ4n) is 8.38. The molecule has 6 heteroatoms. The maximum atomic E-state index is 13.2. The Kier molecular flexibility index (Phi) is 50.6. The summed E-state index contributed by atoms with van der Waals surface area (Å²) < 4.78 is 5.93. The first-order valence-electron chi connectivity index (χ1n) is 28.1. The van der Waals surface area contributed by atoms with Gasteiger partial charge in [-0.3, -0.25) is 9.59 Å². The number of hydrogen-bond acceptors (Lipinski definition) is 5. The molecule has 1 amide bonds. The summed E-state index contributed by atoms with van der Waals surface area (Å²) >= 11 is 0. The van der Waals surface area contributed by atoms with Gasteiger partial charge in [0, 0.05) is 6.42 Å². The first-order chi connectivity index (χ1) is 32.0. The monoisotopic (exact) mass is 910 g/mol. The molecule has 0 saturated heterocycles. The van der Waals surface area contributed by atoms with Gasteiger partial charge in [0.1, 0.15) is 6.10 Å². The van der Waals surface area contributed by atoms with Crippen molar-refractivity contribution >= 4 is 11.9 Å². The van der Waals surface area contributed by atoms with E-state index in [4.69, 9.17) is 4.74 Å². The number of amides is 1. The number of hydrogen-bond donors (Lipinski definition) is 3. The normalized spacial score (nSPS) is 13.6. The molecule has 0 aromatic rings. The van der Waals surface area contributed by atoms with Crippen LogP contribution < -0.4 is 5.32 Å². The van der Waals surface area contributed by atoms with E-state index in [0.29, 0.717) is 19.3 Å². The van der Waals surface area contributed by atoms with Crippen molar-refractivity contribution in [1.29, 1.82) is 0 Å². The second-order valence-corrected chi connectivity index (χ2v) is 19.1. The number of allylic oxidation sites excluding steroid dienone is 10. The van der Waals surface area contributed by atoms with E-state index in [2.05, 4.69) is 86.8 Å². The third-order valence-corrected chi connectivity index (χ3v) is 12.7. The fourth-order valence-corrected chi connectivity index (χ4v) is 8.38. The summed E-state index contributed by atoms with van der Waals surface area (Å²) in [6.45, 7) is 6.45. The molecule has 0 fully saturated rings. The first kappa shape index (κ1) is 62.6. The number of unbranched alkanes of at least 4 members (excludes halogenated alkanes) is 31. The topological polar surface area (TPSA) is 95.9 Å². The lowest BCUT2D eigenvalue weighted by atomic mass is 10.0. The molecule has 0 spiro atoms. The molecule has 6 nitrogen and oxygen atoms in total. The highest BCUT2D eigenvalue weighted by Gasteiger charge is 2.24. The zero-order valence-electron chi connectivity index (χ0n) is 43.1. The smallest absolute Gasteiger partial charge is 0.306 e. The first-order valence-corrected chi connectivity index (χ1v) is 28.1. The van der Waals surface area contributed by atoms with Crippen molar-refractivity contribution < 1.29 is 24.5 Å². The lowest BCUT2D eigenvalue weighted by molar-refractivity contribution is -0.151. The molecule has 0 heterocycles. The minimum absolute atomic E-state index is 0.0453. The van der Waals surface area contributed by atoms with Crippen LogP contribution in [-0.4, -0.2) is 46.9 Å². The zero-order chi connectivity index (χ0) is 47.4. The van der Waals surface area contributed by atoms with E-state index in [9.17, 15) is 19.8 Å². The van der Waals surface area contributed by atoms with Crippen molar-refractivity contribution in [3.05, 3.63) is 60.8 Å². The van der Waals surface area contributed by atoms with Crippen LogP contribution in [-0.2, 0) is 14.3 Å². The SMILES string of the molecule is CCCCC/C=C/C=C/C=C/C=C/CCCCCC(CC(=O)NC(CO)C(O)CCCCCCCCCCCCCCCCCC)OC(=O)CCCCC/C=C\CCCCCCCCC. The number of rotatable bonds is 50. The van der Waals surface area contributed by atoms with Gasteiger partial charge in [-0.2, -0.15) is 0 Å². The van der Waals surface area contributed by atoms with Gasteiger partial charge in [-0.25, -0.2) is 0 Å². The number of nitrogens with one attached hydrogen (secondary N) is 1. The maximum Gasteiger partial charge on any atom is 0.306 e. The van der Waals surface area contributed by atoms with Crippen molar-refractivity contribution in [2.75, 3.05) is 6.61 Å². The van der Waals surface area contributed by atoms with E-state index in [1.165, 1.54) is 148 Å². The molecule has 65 heavy (non-hydrogen) atoms. The predicted molar refractivity (Wildman–Crippen MR) is 282 cm³/mol. The van der Waals surface area contributed by atoms with Gasteiger partial charge in [0.2, 0.25) is 5.91 Å². The highest BCUT2D eigenvalue weighted by molar-refractivity contribution is 5.77. The van der Waals surface area contributed by atoms with Gasteiger partial charge in [-0.1, -0.05) is 248 Å². The van der Waals surface area contributed by atoms with Crippen LogP contribution >= 0.6 is 0 Å². The number of aliphatic hydroxyl groups is 2. The largest absolute Gasteiger partial charge is 0.462 e. The zero-order valence-corrected chi connectivity index (χ0v) is 43.1. The van der Waals surface area contributed by atoms with E-state index < -0.39 is 18.2 Å². The van der Waals surface area contributed by atoms with E-state index in [0.717, 1.165) is 83.5 Å². The molecule has 0 radical (unpaired) electrons. The van der Waals surface area contributed by atoms with Gasteiger partial charge in [0.15, 0.2) is 0 Å². The number of carbonyl (C=O) groups excluding carboxylic acids is 2. The summed E-state index contributed by atoms with van der Waals surface area (Å²) in [5.74, 6) is -0.526. The molecule has 0 bridgehead atoms. The third kappa shape index (κ3) is 47.8. The Morgan fingerprint density at radius 1 is 0.446 bits per heavy atom. The van der Waals surface area contributed by atoms with Crippen LogP contribution in [0, 0.1) is 0 Å². The molecular weight excluding hydrogens is 803 g/mol. The Balaban J connectivity index is 4.65. The molecule has 0 aliphatic heterocycles. The fraction of sp³-hybridized carbons (Fsp3) is 0.797. The molecule has 0 saturated carbocycles. The number of ether oxygens (including phenoxy) is 1. The van der Waals surface area contributed by atoms with Crippen molar-refractivity contribution in [3.8, 4) is 0 Å². The molecule has 378 valence electrons. The quantitative estimate of drug-likeness (QED) is 0.0245. The highest BCUT2D eigenvalue weighted by Crippen LogP contribution is 2.18. The summed E-state index contributed by atoms with van der Waals surface area (Å²) in [5.41, 5.74) is 0.